The first-order valence-corrected chi connectivity index (χ1v) is 12.5. The second kappa shape index (κ2) is 11.8. The zero-order chi connectivity index (χ0) is 26.5. The van der Waals surface area contributed by atoms with Crippen LogP contribution >= 0.6 is 0 Å². The third-order valence-corrected chi connectivity index (χ3v) is 7.01. The number of halogens is 4. The first kappa shape index (κ1) is 26.7. The van der Waals surface area contributed by atoms with Crippen molar-refractivity contribution in [2.45, 2.75) is 44.6 Å². The van der Waals surface area contributed by atoms with Gasteiger partial charge < -0.3 is 9.84 Å². The van der Waals surface area contributed by atoms with E-state index in [1.54, 1.807) is 55.5 Å². The summed E-state index contributed by atoms with van der Waals surface area (Å²) in [6.07, 6.45) is 7.08. The highest BCUT2D eigenvalue weighted by molar-refractivity contribution is 5.67. The fraction of sp³-hybridized carbons (Fsp3) is 0.290. The van der Waals surface area contributed by atoms with Crippen LogP contribution in [-0.4, -0.2) is 11.7 Å². The van der Waals surface area contributed by atoms with Crippen LogP contribution in [-0.2, 0) is 0 Å². The highest BCUT2D eigenvalue weighted by atomic mass is 19.2. The van der Waals surface area contributed by atoms with E-state index in [2.05, 4.69) is 6.58 Å². The summed E-state index contributed by atoms with van der Waals surface area (Å²) in [5.74, 6) is -3.81. The Bertz CT molecular complexity index is 1270. The number of aliphatic hydroxyl groups excluding tert-OH is 1. The molecule has 6 heteroatoms. The van der Waals surface area contributed by atoms with Gasteiger partial charge in [0.25, 0.3) is 0 Å². The summed E-state index contributed by atoms with van der Waals surface area (Å²) in [4.78, 5) is 0. The van der Waals surface area contributed by atoms with Gasteiger partial charge >= 0.3 is 0 Å². The second-order valence-corrected chi connectivity index (χ2v) is 9.48. The van der Waals surface area contributed by atoms with Gasteiger partial charge in [-0.1, -0.05) is 67.3 Å². The summed E-state index contributed by atoms with van der Waals surface area (Å²) in [5, 5.41) is 9.64. The first-order valence-electron chi connectivity index (χ1n) is 12.5. The van der Waals surface area contributed by atoms with E-state index in [9.17, 15) is 22.7 Å². The second-order valence-electron chi connectivity index (χ2n) is 9.48. The fourth-order valence-electron chi connectivity index (χ4n) is 4.84. The quantitative estimate of drug-likeness (QED) is 0.243. The molecule has 1 fully saturated rings. The van der Waals surface area contributed by atoms with Crippen molar-refractivity contribution in [1.29, 1.82) is 0 Å². The maximum absolute atomic E-state index is 14.8. The largest absolute Gasteiger partial charge is 0.486 e. The van der Waals surface area contributed by atoms with Gasteiger partial charge in [-0.05, 0) is 67.2 Å². The number of rotatable bonds is 8. The zero-order valence-electron chi connectivity index (χ0n) is 20.7. The third-order valence-electron chi connectivity index (χ3n) is 7.01. The van der Waals surface area contributed by atoms with Crippen LogP contribution in [0.1, 0.15) is 61.3 Å². The Morgan fingerprint density at radius 3 is 2.24 bits per heavy atom. The van der Waals surface area contributed by atoms with E-state index >= 15 is 0 Å². The maximum atomic E-state index is 14.8. The lowest BCUT2D eigenvalue weighted by Crippen LogP contribution is -2.14. The average molecular weight is 511 g/mol. The summed E-state index contributed by atoms with van der Waals surface area (Å²) in [5.41, 5.74) is 1.88. The Morgan fingerprint density at radius 2 is 1.59 bits per heavy atom. The summed E-state index contributed by atoms with van der Waals surface area (Å²) >= 11 is 0. The molecule has 37 heavy (non-hydrogen) atoms. The highest BCUT2D eigenvalue weighted by Gasteiger charge is 2.26. The van der Waals surface area contributed by atoms with E-state index in [1.165, 1.54) is 12.1 Å². The monoisotopic (exact) mass is 510 g/mol. The number of hydrogen-bond acceptors (Lipinski definition) is 2. The molecule has 0 aliphatic heterocycles. The van der Waals surface area contributed by atoms with Crippen LogP contribution in [0.25, 0.3) is 17.2 Å². The van der Waals surface area contributed by atoms with Gasteiger partial charge in [-0.15, -0.1) is 0 Å². The molecule has 0 heterocycles. The van der Waals surface area contributed by atoms with Crippen LogP contribution in [0.15, 0.2) is 67.3 Å². The molecule has 4 rings (SSSR count). The van der Waals surface area contributed by atoms with Gasteiger partial charge in [-0.3, -0.25) is 0 Å². The average Bonchev–Trinajstić information content (AvgIpc) is 2.91. The standard InChI is InChI=1S/C31H30F4O2/c1-3-18-37-27-17-16-26(30(34)31(27)35)22-7-4-20(5-8-22)6-9-24-14-15-25(29(33)28(24)32)23-12-10-21(11-13-23)19(2)36/h3,6,9-17,19-20,22,36H,1,4-5,7-8,18H2,2H3/b9-6+. The van der Waals surface area contributed by atoms with Gasteiger partial charge in [0.2, 0.25) is 5.82 Å². The Labute approximate surface area is 214 Å². The smallest absolute Gasteiger partial charge is 0.200 e. The highest BCUT2D eigenvalue weighted by Crippen LogP contribution is 2.39. The van der Waals surface area contributed by atoms with Crippen molar-refractivity contribution < 1.29 is 27.4 Å². The number of hydrogen-bond donors (Lipinski definition) is 1. The van der Waals surface area contributed by atoms with Crippen LogP contribution in [0, 0.1) is 29.2 Å². The zero-order valence-corrected chi connectivity index (χ0v) is 20.7. The van der Waals surface area contributed by atoms with Gasteiger partial charge in [0.1, 0.15) is 6.61 Å². The molecule has 0 aromatic heterocycles. The predicted octanol–water partition coefficient (Wildman–Crippen LogP) is 8.52. The molecule has 0 saturated heterocycles. The minimum absolute atomic E-state index is 0.0947. The summed E-state index contributed by atoms with van der Waals surface area (Å²) < 4.78 is 63.8. The lowest BCUT2D eigenvalue weighted by Gasteiger charge is -2.27. The van der Waals surface area contributed by atoms with E-state index in [1.807, 2.05) is 6.08 Å². The van der Waals surface area contributed by atoms with Crippen LogP contribution in [0.3, 0.4) is 0 Å². The minimum Gasteiger partial charge on any atom is -0.486 e. The molecular weight excluding hydrogens is 480 g/mol. The molecule has 2 nitrogen and oxygen atoms in total. The van der Waals surface area contributed by atoms with E-state index in [-0.39, 0.29) is 35.3 Å². The molecule has 1 aliphatic carbocycles. The molecule has 194 valence electrons. The van der Waals surface area contributed by atoms with Gasteiger partial charge in [-0.25, -0.2) is 13.2 Å². The molecule has 3 aromatic rings. The van der Waals surface area contributed by atoms with Crippen molar-refractivity contribution >= 4 is 6.08 Å². The number of aliphatic hydroxyl groups is 1. The van der Waals surface area contributed by atoms with E-state index in [0.717, 1.165) is 12.8 Å². The third kappa shape index (κ3) is 5.96. The number of allylic oxidation sites excluding steroid dienone is 1. The van der Waals surface area contributed by atoms with Crippen LogP contribution in [0.5, 0.6) is 5.75 Å². The molecule has 1 atom stereocenters. The molecule has 1 saturated carbocycles. The Morgan fingerprint density at radius 1 is 0.892 bits per heavy atom. The van der Waals surface area contributed by atoms with Crippen molar-refractivity contribution in [2.75, 3.05) is 6.61 Å². The lowest BCUT2D eigenvalue weighted by molar-refractivity contribution is 0.199. The fourth-order valence-corrected chi connectivity index (χ4v) is 4.84. The molecule has 1 aliphatic rings. The van der Waals surface area contributed by atoms with Crippen molar-refractivity contribution in [1.82, 2.24) is 0 Å². The first-order chi connectivity index (χ1) is 17.8. The van der Waals surface area contributed by atoms with Gasteiger partial charge in [0.15, 0.2) is 23.2 Å². The van der Waals surface area contributed by atoms with Crippen LogP contribution in [0.4, 0.5) is 17.6 Å². The van der Waals surface area contributed by atoms with Crippen molar-refractivity contribution in [3.63, 3.8) is 0 Å². The normalized spacial score (nSPS) is 18.6. The van der Waals surface area contributed by atoms with Crippen LogP contribution in [0.2, 0.25) is 0 Å². The molecule has 1 unspecified atom stereocenters. The summed E-state index contributed by atoms with van der Waals surface area (Å²) in [7, 11) is 0. The van der Waals surface area contributed by atoms with E-state index in [4.69, 9.17) is 4.74 Å². The summed E-state index contributed by atoms with van der Waals surface area (Å²) in [6.45, 7) is 5.23. The van der Waals surface area contributed by atoms with Crippen molar-refractivity contribution in [2.24, 2.45) is 5.92 Å². The molecule has 3 aromatic carbocycles. The Kier molecular flexibility index (Phi) is 8.49. The van der Waals surface area contributed by atoms with E-state index < -0.39 is 29.4 Å². The van der Waals surface area contributed by atoms with Gasteiger partial charge in [-0.2, -0.15) is 4.39 Å². The minimum atomic E-state index is -0.985. The molecule has 0 bridgehead atoms. The van der Waals surface area contributed by atoms with Crippen molar-refractivity contribution in [3.05, 3.63) is 107 Å². The van der Waals surface area contributed by atoms with Gasteiger partial charge in [0, 0.05) is 11.1 Å². The van der Waals surface area contributed by atoms with E-state index in [0.29, 0.717) is 29.5 Å². The molecule has 1 N–H and O–H groups in total. The number of benzene rings is 3. The lowest BCUT2D eigenvalue weighted by atomic mass is 9.78. The number of ether oxygens (including phenoxy) is 1. The molecular formula is C31H30F4O2. The predicted molar refractivity (Wildman–Crippen MR) is 138 cm³/mol. The molecule has 0 spiro atoms. The summed E-state index contributed by atoms with van der Waals surface area (Å²) in [6, 6.07) is 12.8. The van der Waals surface area contributed by atoms with Gasteiger partial charge in [0.05, 0.1) is 6.10 Å². The topological polar surface area (TPSA) is 29.5 Å². The molecule has 0 amide bonds. The SMILES string of the molecule is C=CCOc1ccc(C2CCC(/C=C/c3ccc(-c4ccc(C(C)O)cc4)c(F)c3F)CC2)c(F)c1F. The Balaban J connectivity index is 1.41. The Hall–Kier alpha value is -3.38. The maximum Gasteiger partial charge on any atom is 0.200 e. The molecule has 0 radical (unpaired) electrons. The van der Waals surface area contributed by atoms with Crippen LogP contribution < -0.4 is 4.74 Å². The van der Waals surface area contributed by atoms with Crippen molar-refractivity contribution in [3.8, 4) is 16.9 Å².